The molecule has 0 aromatic heterocycles. The van der Waals surface area contributed by atoms with Crippen molar-refractivity contribution in [3.05, 3.63) is 0 Å². The van der Waals surface area contributed by atoms with E-state index in [1.54, 1.807) is 0 Å². The third-order valence-corrected chi connectivity index (χ3v) is 1.83. The Labute approximate surface area is 86.5 Å². The second-order valence-corrected chi connectivity index (χ2v) is 2.95. The van der Waals surface area contributed by atoms with Gasteiger partial charge in [0.1, 0.15) is 18.3 Å². The van der Waals surface area contributed by atoms with Crippen LogP contribution in [0.5, 0.6) is 0 Å². The van der Waals surface area contributed by atoms with Gasteiger partial charge in [0.15, 0.2) is 6.10 Å². The number of carboxylic acids is 1. The minimum Gasteiger partial charge on any atom is -0.479 e. The van der Waals surface area contributed by atoms with Gasteiger partial charge >= 0.3 is 5.97 Å². The van der Waals surface area contributed by atoms with Crippen LogP contribution in [0.3, 0.4) is 0 Å². The quantitative estimate of drug-likeness (QED) is 0.325. The summed E-state index contributed by atoms with van der Waals surface area (Å²) in [6.45, 7) is 0.782. The zero-order valence-electron chi connectivity index (χ0n) is 8.28. The summed E-state index contributed by atoms with van der Waals surface area (Å²) in [6, 6.07) is 0. The van der Waals surface area contributed by atoms with Crippen molar-refractivity contribution in [3.8, 4) is 0 Å². The fourth-order valence-corrected chi connectivity index (χ4v) is 1.01. The molecular weight excluding hydrogens is 208 g/mol. The smallest absolute Gasteiger partial charge is 0.335 e. The highest BCUT2D eigenvalue weighted by Crippen LogP contribution is 2.08. The van der Waals surface area contributed by atoms with Gasteiger partial charge in [-0.1, -0.05) is 0 Å². The van der Waals surface area contributed by atoms with Crippen LogP contribution in [0.4, 0.5) is 0 Å². The lowest BCUT2D eigenvalue weighted by Gasteiger charge is -2.25. The van der Waals surface area contributed by atoms with Crippen LogP contribution in [0.25, 0.3) is 0 Å². The van der Waals surface area contributed by atoms with E-state index in [4.69, 9.17) is 15.3 Å². The molecule has 0 spiro atoms. The Morgan fingerprint density at radius 2 is 1.80 bits per heavy atom. The molecule has 0 saturated heterocycles. The van der Waals surface area contributed by atoms with Crippen LogP contribution < -0.4 is 0 Å². The summed E-state index contributed by atoms with van der Waals surface area (Å²) in [5, 5.41) is 44.7. The lowest BCUT2D eigenvalue weighted by molar-refractivity contribution is -0.171. The van der Waals surface area contributed by atoms with Gasteiger partial charge < -0.3 is 30.3 Å². The number of aliphatic carboxylic acids is 1. The third kappa shape index (κ3) is 4.10. The first-order valence-electron chi connectivity index (χ1n) is 4.45. The number of ether oxygens (including phenoxy) is 1. The second kappa shape index (κ2) is 6.70. The molecule has 0 amide bonds. The Morgan fingerprint density at radius 1 is 1.27 bits per heavy atom. The highest BCUT2D eigenvalue weighted by atomic mass is 16.5. The molecule has 0 rings (SSSR count). The van der Waals surface area contributed by atoms with E-state index in [1.807, 2.05) is 0 Å². The second-order valence-electron chi connectivity index (χ2n) is 2.95. The molecule has 0 saturated carbocycles. The molecule has 0 fully saturated rings. The average Bonchev–Trinajstić information content (AvgIpc) is 2.22. The highest BCUT2D eigenvalue weighted by Gasteiger charge is 2.35. The first kappa shape index (κ1) is 14.3. The maximum atomic E-state index is 10.6. The largest absolute Gasteiger partial charge is 0.479 e. The summed E-state index contributed by atoms with van der Waals surface area (Å²) in [6.07, 6.45) is -6.82. The molecule has 15 heavy (non-hydrogen) atoms. The predicted octanol–water partition coefficient (Wildman–Crippen LogP) is -2.45. The van der Waals surface area contributed by atoms with Crippen LogP contribution >= 0.6 is 0 Å². The summed E-state index contributed by atoms with van der Waals surface area (Å²) in [4.78, 5) is 10.6. The van der Waals surface area contributed by atoms with Crippen LogP contribution in [-0.2, 0) is 9.53 Å². The van der Waals surface area contributed by atoms with Gasteiger partial charge in [0, 0.05) is 6.61 Å². The molecule has 7 heteroatoms. The van der Waals surface area contributed by atoms with E-state index in [2.05, 4.69) is 4.74 Å². The fourth-order valence-electron chi connectivity index (χ4n) is 1.01. The van der Waals surface area contributed by atoms with Crippen LogP contribution in [0.2, 0.25) is 0 Å². The van der Waals surface area contributed by atoms with Crippen molar-refractivity contribution in [2.75, 3.05) is 13.2 Å². The van der Waals surface area contributed by atoms with Gasteiger partial charge in [-0.05, 0) is 6.92 Å². The fraction of sp³-hybridized carbons (Fsp3) is 0.875. The molecule has 0 aliphatic heterocycles. The number of hydrogen-bond acceptors (Lipinski definition) is 6. The minimum atomic E-state index is -1.80. The Hall–Kier alpha value is -0.730. The SMILES string of the molecule is CCO[C@@H](C(=O)O)[C@@H](O)[C@H](O)[C@H](O)CO. The van der Waals surface area contributed by atoms with E-state index >= 15 is 0 Å². The molecule has 0 aliphatic carbocycles. The number of carboxylic acid groups (broad SMARTS) is 1. The van der Waals surface area contributed by atoms with Crippen LogP contribution in [-0.4, -0.2) is 69.1 Å². The van der Waals surface area contributed by atoms with Gasteiger partial charge in [0.05, 0.1) is 6.61 Å². The topological polar surface area (TPSA) is 127 Å². The molecular formula is C8H16O7. The van der Waals surface area contributed by atoms with Crippen LogP contribution in [0, 0.1) is 0 Å². The summed E-state index contributed by atoms with van der Waals surface area (Å²) >= 11 is 0. The van der Waals surface area contributed by atoms with Crippen molar-refractivity contribution in [1.82, 2.24) is 0 Å². The Morgan fingerprint density at radius 3 is 2.13 bits per heavy atom. The maximum absolute atomic E-state index is 10.6. The van der Waals surface area contributed by atoms with Crippen molar-refractivity contribution >= 4 is 5.97 Å². The van der Waals surface area contributed by atoms with E-state index in [0.29, 0.717) is 0 Å². The molecule has 0 aromatic rings. The maximum Gasteiger partial charge on any atom is 0.335 e. The normalized spacial score (nSPS) is 19.3. The van der Waals surface area contributed by atoms with Gasteiger partial charge in [-0.3, -0.25) is 0 Å². The molecule has 90 valence electrons. The predicted molar refractivity (Wildman–Crippen MR) is 48.2 cm³/mol. The van der Waals surface area contributed by atoms with Crippen molar-refractivity contribution in [1.29, 1.82) is 0 Å². The summed E-state index contributed by atoms with van der Waals surface area (Å²) in [7, 11) is 0. The first-order valence-corrected chi connectivity index (χ1v) is 4.45. The van der Waals surface area contributed by atoms with E-state index in [9.17, 15) is 15.0 Å². The lowest BCUT2D eigenvalue weighted by atomic mass is 10.0. The Balaban J connectivity index is 4.47. The third-order valence-electron chi connectivity index (χ3n) is 1.83. The van der Waals surface area contributed by atoms with Crippen molar-refractivity contribution in [2.24, 2.45) is 0 Å². The molecule has 0 heterocycles. The molecule has 0 aromatic carbocycles. The van der Waals surface area contributed by atoms with Crippen molar-refractivity contribution in [2.45, 2.75) is 31.3 Å². The van der Waals surface area contributed by atoms with Gasteiger partial charge in [0.2, 0.25) is 0 Å². The zero-order chi connectivity index (χ0) is 12.0. The number of aliphatic hydroxyl groups excluding tert-OH is 4. The van der Waals surface area contributed by atoms with Gasteiger partial charge in [-0.15, -0.1) is 0 Å². The van der Waals surface area contributed by atoms with Gasteiger partial charge in [-0.2, -0.15) is 0 Å². The van der Waals surface area contributed by atoms with Gasteiger partial charge in [-0.25, -0.2) is 4.79 Å². The summed E-state index contributed by atoms with van der Waals surface area (Å²) < 4.78 is 4.68. The molecule has 7 nitrogen and oxygen atoms in total. The zero-order valence-corrected chi connectivity index (χ0v) is 8.28. The number of rotatable bonds is 7. The van der Waals surface area contributed by atoms with Crippen molar-refractivity contribution < 1.29 is 35.1 Å². The number of hydrogen-bond donors (Lipinski definition) is 5. The summed E-state index contributed by atoms with van der Waals surface area (Å²) in [5.41, 5.74) is 0. The molecule has 0 bridgehead atoms. The Bertz CT molecular complexity index is 195. The van der Waals surface area contributed by atoms with Crippen LogP contribution in [0.15, 0.2) is 0 Å². The standard InChI is InChI=1S/C8H16O7/c1-2-15-7(8(13)14)6(12)5(11)4(10)3-9/h4-7,9-12H,2-3H2,1H3,(H,13,14)/t4-,5-,6+,7-/m1/s1. The highest BCUT2D eigenvalue weighted by molar-refractivity contribution is 5.73. The van der Waals surface area contributed by atoms with Crippen LogP contribution in [0.1, 0.15) is 6.92 Å². The minimum absolute atomic E-state index is 0.0377. The van der Waals surface area contributed by atoms with E-state index in [-0.39, 0.29) is 6.61 Å². The molecule has 4 atom stereocenters. The van der Waals surface area contributed by atoms with E-state index in [1.165, 1.54) is 6.92 Å². The summed E-state index contributed by atoms with van der Waals surface area (Å²) in [5.74, 6) is -1.45. The van der Waals surface area contributed by atoms with Gasteiger partial charge in [0.25, 0.3) is 0 Å². The number of aliphatic hydroxyl groups is 4. The Kier molecular flexibility index (Phi) is 6.37. The first-order chi connectivity index (χ1) is 6.95. The molecule has 0 radical (unpaired) electrons. The lowest BCUT2D eigenvalue weighted by Crippen LogP contribution is -2.49. The molecule has 5 N–H and O–H groups in total. The van der Waals surface area contributed by atoms with E-state index < -0.39 is 37.0 Å². The number of carbonyl (C=O) groups is 1. The molecule has 0 unspecified atom stereocenters. The van der Waals surface area contributed by atoms with E-state index in [0.717, 1.165) is 0 Å². The van der Waals surface area contributed by atoms with Crippen molar-refractivity contribution in [3.63, 3.8) is 0 Å². The average molecular weight is 224 g/mol. The monoisotopic (exact) mass is 224 g/mol. The molecule has 0 aliphatic rings.